The van der Waals surface area contributed by atoms with Gasteiger partial charge in [-0.15, -0.1) is 0 Å². The van der Waals surface area contributed by atoms with Crippen LogP contribution in [0.1, 0.15) is 0 Å². The second kappa shape index (κ2) is 13.6. The van der Waals surface area contributed by atoms with Gasteiger partial charge in [0.25, 0.3) is 0 Å². The van der Waals surface area contributed by atoms with Gasteiger partial charge in [0.2, 0.25) is 0 Å². The molecule has 0 fully saturated rings. The van der Waals surface area contributed by atoms with E-state index in [1.807, 2.05) is 72.8 Å². The lowest BCUT2D eigenvalue weighted by Gasteiger charge is -2.25. The number of aromatic nitrogens is 1. The van der Waals surface area contributed by atoms with Crippen molar-refractivity contribution in [2.24, 2.45) is 0 Å². The molecule has 0 saturated heterocycles. The van der Waals surface area contributed by atoms with Gasteiger partial charge in [-0.05, 0) is 131 Å². The number of halogens is 2. The van der Waals surface area contributed by atoms with E-state index in [4.69, 9.17) is 0 Å². The molecular weight excluding hydrogens is 657 g/mol. The number of rotatable bonds is 8. The van der Waals surface area contributed by atoms with Gasteiger partial charge >= 0.3 is 0 Å². The zero-order valence-electron chi connectivity index (χ0n) is 28.6. The summed E-state index contributed by atoms with van der Waals surface area (Å²) in [6.45, 7) is 0. The molecule has 9 aromatic rings. The van der Waals surface area contributed by atoms with Gasteiger partial charge in [0.15, 0.2) is 0 Å². The summed E-state index contributed by atoms with van der Waals surface area (Å²) in [6.07, 6.45) is 0. The summed E-state index contributed by atoms with van der Waals surface area (Å²) in [5, 5.41) is 2.29. The monoisotopic (exact) mass is 689 g/mol. The lowest BCUT2D eigenvalue weighted by molar-refractivity contribution is 0.627. The molecule has 0 amide bonds. The lowest BCUT2D eigenvalue weighted by Crippen LogP contribution is -2.09. The molecule has 0 unspecified atom stereocenters. The number of hydrogen-bond donors (Lipinski definition) is 1. The third kappa shape index (κ3) is 6.30. The first-order chi connectivity index (χ1) is 26.1. The second-order valence-corrected chi connectivity index (χ2v) is 13.0. The molecule has 0 aliphatic heterocycles. The van der Waals surface area contributed by atoms with Gasteiger partial charge < -0.3 is 14.8 Å². The predicted octanol–water partition coefficient (Wildman–Crippen LogP) is 13.9. The summed E-state index contributed by atoms with van der Waals surface area (Å²) in [7, 11) is 0. The number of aromatic amines is 1. The van der Waals surface area contributed by atoms with Gasteiger partial charge in [0, 0.05) is 55.9 Å². The SMILES string of the molecule is Fc1cccc(N(c2ccccc2)c2ccc(-c3ccc4[nH]c5ccc(-c6ccc(N(c7ccccc7)c7cccc(F)c7)cc6)cc5c4c3)cc2)c1. The first kappa shape index (κ1) is 32.0. The highest BCUT2D eigenvalue weighted by Gasteiger charge is 2.16. The minimum Gasteiger partial charge on any atom is -0.355 e. The quantitative estimate of drug-likeness (QED) is 0.172. The minimum absolute atomic E-state index is 0.275. The Hall–Kier alpha value is -6.98. The molecular formula is C48H33F2N3. The molecule has 0 bridgehead atoms. The Bertz CT molecular complexity index is 2500. The Morgan fingerprint density at radius 2 is 0.660 bits per heavy atom. The molecule has 1 heterocycles. The van der Waals surface area contributed by atoms with Crippen molar-refractivity contribution in [2.75, 3.05) is 9.80 Å². The van der Waals surface area contributed by atoms with Crippen LogP contribution >= 0.6 is 0 Å². The number of H-pyrrole nitrogens is 1. The molecule has 1 N–H and O–H groups in total. The largest absolute Gasteiger partial charge is 0.355 e. The van der Waals surface area contributed by atoms with Crippen molar-refractivity contribution in [3.8, 4) is 22.3 Å². The zero-order valence-corrected chi connectivity index (χ0v) is 28.6. The highest BCUT2D eigenvalue weighted by molar-refractivity contribution is 6.09. The van der Waals surface area contributed by atoms with E-state index < -0.39 is 0 Å². The second-order valence-electron chi connectivity index (χ2n) is 13.0. The van der Waals surface area contributed by atoms with E-state index in [0.29, 0.717) is 0 Å². The van der Waals surface area contributed by atoms with E-state index in [1.54, 1.807) is 24.3 Å². The van der Waals surface area contributed by atoms with Crippen LogP contribution in [0.3, 0.4) is 0 Å². The third-order valence-electron chi connectivity index (χ3n) is 9.68. The highest BCUT2D eigenvalue weighted by Crippen LogP contribution is 2.39. The highest BCUT2D eigenvalue weighted by atomic mass is 19.1. The van der Waals surface area contributed by atoms with Crippen molar-refractivity contribution in [2.45, 2.75) is 0 Å². The zero-order chi connectivity index (χ0) is 35.7. The van der Waals surface area contributed by atoms with Gasteiger partial charge in [0.05, 0.1) is 0 Å². The molecule has 0 saturated carbocycles. The van der Waals surface area contributed by atoms with Crippen LogP contribution in [0.25, 0.3) is 44.1 Å². The number of anilines is 6. The normalized spacial score (nSPS) is 11.2. The van der Waals surface area contributed by atoms with Crippen LogP contribution in [0.2, 0.25) is 0 Å². The predicted molar refractivity (Wildman–Crippen MR) is 216 cm³/mol. The van der Waals surface area contributed by atoms with Crippen LogP contribution in [0.5, 0.6) is 0 Å². The summed E-state index contributed by atoms with van der Waals surface area (Å²) in [6, 6.07) is 63.3. The Kier molecular flexibility index (Phi) is 8.22. The molecule has 1 aromatic heterocycles. The van der Waals surface area contributed by atoms with E-state index in [-0.39, 0.29) is 11.6 Å². The van der Waals surface area contributed by atoms with Crippen LogP contribution in [0, 0.1) is 11.6 Å². The van der Waals surface area contributed by atoms with Crippen molar-refractivity contribution in [3.63, 3.8) is 0 Å². The number of nitrogens with one attached hydrogen (secondary N) is 1. The fraction of sp³-hybridized carbons (Fsp3) is 0. The number of benzene rings is 8. The first-order valence-corrected chi connectivity index (χ1v) is 17.6. The Balaban J connectivity index is 1.04. The molecule has 0 atom stereocenters. The maximum Gasteiger partial charge on any atom is 0.125 e. The van der Waals surface area contributed by atoms with Crippen LogP contribution in [-0.4, -0.2) is 4.98 Å². The lowest BCUT2D eigenvalue weighted by atomic mass is 9.99. The fourth-order valence-electron chi connectivity index (χ4n) is 7.14. The van der Waals surface area contributed by atoms with Crippen LogP contribution < -0.4 is 9.80 Å². The average molecular weight is 690 g/mol. The summed E-state index contributed by atoms with van der Waals surface area (Å²) in [5.74, 6) is -0.550. The van der Waals surface area contributed by atoms with Gasteiger partial charge in [-0.2, -0.15) is 0 Å². The van der Waals surface area contributed by atoms with E-state index in [9.17, 15) is 8.78 Å². The molecule has 53 heavy (non-hydrogen) atoms. The van der Waals surface area contributed by atoms with E-state index >= 15 is 0 Å². The van der Waals surface area contributed by atoms with E-state index in [2.05, 4.69) is 99.7 Å². The topological polar surface area (TPSA) is 22.3 Å². The van der Waals surface area contributed by atoms with Crippen molar-refractivity contribution >= 4 is 55.9 Å². The van der Waals surface area contributed by atoms with E-state index in [1.165, 1.54) is 12.1 Å². The summed E-state index contributed by atoms with van der Waals surface area (Å²) < 4.78 is 28.6. The number of hydrogen-bond acceptors (Lipinski definition) is 2. The Morgan fingerprint density at radius 1 is 0.302 bits per heavy atom. The van der Waals surface area contributed by atoms with Crippen LogP contribution in [0.15, 0.2) is 194 Å². The molecule has 0 radical (unpaired) electrons. The molecule has 0 spiro atoms. The molecule has 0 aliphatic carbocycles. The van der Waals surface area contributed by atoms with Crippen molar-refractivity contribution in [1.82, 2.24) is 4.98 Å². The van der Waals surface area contributed by atoms with Crippen LogP contribution in [0.4, 0.5) is 42.9 Å². The maximum absolute atomic E-state index is 14.3. The van der Waals surface area contributed by atoms with Gasteiger partial charge in [0.1, 0.15) is 11.6 Å². The Morgan fingerprint density at radius 3 is 1.06 bits per heavy atom. The summed E-state index contributed by atoms with van der Waals surface area (Å²) in [4.78, 5) is 7.71. The number of nitrogens with zero attached hydrogens (tertiary/aromatic N) is 2. The molecule has 0 aliphatic rings. The number of fused-ring (bicyclic) bond motifs is 3. The minimum atomic E-state index is -0.275. The maximum atomic E-state index is 14.3. The van der Waals surface area contributed by atoms with Gasteiger partial charge in [-0.3, -0.25) is 0 Å². The smallest absolute Gasteiger partial charge is 0.125 e. The molecule has 9 rings (SSSR count). The fourth-order valence-corrected chi connectivity index (χ4v) is 7.14. The average Bonchev–Trinajstić information content (AvgIpc) is 3.57. The Labute approximate surface area is 306 Å². The summed E-state index contributed by atoms with van der Waals surface area (Å²) in [5.41, 5.74) is 11.8. The summed E-state index contributed by atoms with van der Waals surface area (Å²) >= 11 is 0. The van der Waals surface area contributed by atoms with E-state index in [0.717, 1.165) is 78.2 Å². The molecule has 5 heteroatoms. The van der Waals surface area contributed by atoms with Crippen molar-refractivity contribution < 1.29 is 8.78 Å². The third-order valence-corrected chi connectivity index (χ3v) is 9.68. The molecule has 8 aromatic carbocycles. The first-order valence-electron chi connectivity index (χ1n) is 17.6. The standard InChI is InChI=1S/C48H33F2N3/c49-37-9-7-15-43(31-37)52(39-11-3-1-4-12-39)41-23-17-33(18-24-41)35-21-27-47-45(29-35)46-30-36(22-28-48(46)51-47)34-19-25-42(26-20-34)53(40-13-5-2-6-14-40)44-16-8-10-38(50)32-44/h1-32,51H. The van der Waals surface area contributed by atoms with Gasteiger partial charge in [-0.25, -0.2) is 8.78 Å². The number of para-hydroxylation sites is 2. The van der Waals surface area contributed by atoms with Gasteiger partial charge in [-0.1, -0.05) is 84.9 Å². The molecule has 254 valence electrons. The van der Waals surface area contributed by atoms with Crippen LogP contribution in [-0.2, 0) is 0 Å². The van der Waals surface area contributed by atoms with Crippen molar-refractivity contribution in [3.05, 3.63) is 206 Å². The molecule has 3 nitrogen and oxygen atoms in total. The van der Waals surface area contributed by atoms with Crippen molar-refractivity contribution in [1.29, 1.82) is 0 Å².